The molecule has 63 heavy (non-hydrogen) atoms. The number of Topliss-reactive ketones (excluding diaryl/α,β-unsaturated/α-hetero) is 2. The number of ketones is 2. The molecule has 9 atom stereocenters. The van der Waals surface area contributed by atoms with Crippen LogP contribution >= 0.6 is 0 Å². The lowest BCUT2D eigenvalue weighted by Crippen LogP contribution is -2.80. The third-order valence-corrected chi connectivity index (χ3v) is 16.1. The highest BCUT2D eigenvalue weighted by Gasteiger charge is 2.77. The second-order valence-electron chi connectivity index (χ2n) is 19.1. The predicted octanol–water partition coefficient (Wildman–Crippen LogP) is 5.51. The van der Waals surface area contributed by atoms with Gasteiger partial charge < -0.3 is 39.3 Å². The van der Waals surface area contributed by atoms with E-state index < -0.39 is 34.2 Å². The molecule has 0 aromatic heterocycles. The van der Waals surface area contributed by atoms with E-state index in [-0.39, 0.29) is 35.1 Å². The summed E-state index contributed by atoms with van der Waals surface area (Å²) in [4.78, 5) is 27.7. The van der Waals surface area contributed by atoms with Gasteiger partial charge in [0.2, 0.25) is 0 Å². The highest BCUT2D eigenvalue weighted by molar-refractivity contribution is 5.91. The summed E-state index contributed by atoms with van der Waals surface area (Å²) in [6.45, 7) is 4.32. The smallest absolute Gasteiger partial charge is 0.174 e. The monoisotopic (exact) mass is 847 g/mol. The van der Waals surface area contributed by atoms with Crippen molar-refractivity contribution in [2.45, 2.75) is 111 Å². The fourth-order valence-electron chi connectivity index (χ4n) is 13.1. The van der Waals surface area contributed by atoms with Crippen molar-refractivity contribution in [3.63, 3.8) is 0 Å². The first-order valence-electron chi connectivity index (χ1n) is 22.5. The molecule has 12 rings (SSSR count). The largest absolute Gasteiger partial charge is 0.504 e. The fourth-order valence-corrected chi connectivity index (χ4v) is 13.1. The first kappa shape index (κ1) is 41.4. The number of carbonyl (C=O) groups excluding carboxylic acids is 2. The average molecular weight is 848 g/mol. The van der Waals surface area contributed by atoms with Gasteiger partial charge in [-0.1, -0.05) is 73.2 Å². The van der Waals surface area contributed by atoms with Crippen LogP contribution in [0.15, 0.2) is 84.9 Å². The van der Waals surface area contributed by atoms with Gasteiger partial charge in [0.25, 0.3) is 0 Å². The van der Waals surface area contributed by atoms with Crippen LogP contribution in [0.1, 0.15) is 85.3 Å². The Morgan fingerprint density at radius 2 is 1.22 bits per heavy atom. The molecule has 1 unspecified atom stereocenters. The number of hydrogen-bond acceptors (Lipinski definition) is 9. The number of hydrogen-bond donors (Lipinski definition) is 4. The minimum atomic E-state index is -1.06. The number of nitrogens with zero attached hydrogens (tertiary/aromatic N) is 2. The molecule has 0 radical (unpaired) electrons. The zero-order valence-electron chi connectivity index (χ0n) is 36.2. The lowest BCUT2D eigenvalue weighted by molar-refractivity contribution is -0.942. The molecule has 2 spiro atoms. The van der Waals surface area contributed by atoms with Gasteiger partial charge in [0, 0.05) is 60.4 Å². The maximum absolute atomic E-state index is 12.9. The zero-order valence-corrected chi connectivity index (χ0v) is 36.2. The Hall–Kier alpha value is -5.62. The van der Waals surface area contributed by atoms with Gasteiger partial charge in [-0.3, -0.25) is 9.59 Å². The number of carbonyl (C=O) groups is 2. The van der Waals surface area contributed by atoms with Crippen LogP contribution in [0.3, 0.4) is 0 Å². The van der Waals surface area contributed by atoms with E-state index in [1.54, 1.807) is 12.1 Å². The first-order valence-corrected chi connectivity index (χ1v) is 22.5. The van der Waals surface area contributed by atoms with Crippen molar-refractivity contribution < 1.29 is 44.0 Å². The van der Waals surface area contributed by atoms with E-state index in [0.29, 0.717) is 67.5 Å². The van der Waals surface area contributed by atoms with Crippen LogP contribution in [0, 0.1) is 23.7 Å². The van der Waals surface area contributed by atoms with Gasteiger partial charge in [0.15, 0.2) is 46.8 Å². The van der Waals surface area contributed by atoms with Crippen LogP contribution in [-0.2, 0) is 33.3 Å². The van der Waals surface area contributed by atoms with E-state index in [1.807, 2.05) is 79.8 Å². The number of piperidine rings is 2. The molecule has 4 fully saturated rings. The Balaban J connectivity index is 0.000000127. The minimum Gasteiger partial charge on any atom is -0.504 e. The lowest BCUT2D eigenvalue weighted by atomic mass is 9.48. The molecule has 10 nitrogen and oxygen atoms in total. The summed E-state index contributed by atoms with van der Waals surface area (Å²) in [5.74, 6) is 13.8. The number of ether oxygens (including phenoxy) is 2. The normalized spacial score (nSPS) is 34.0. The van der Waals surface area contributed by atoms with Crippen molar-refractivity contribution in [3.8, 4) is 46.7 Å². The van der Waals surface area contributed by atoms with Crippen molar-refractivity contribution in [1.29, 1.82) is 0 Å². The maximum atomic E-state index is 12.9. The first-order chi connectivity index (χ1) is 30.3. The molecule has 8 aliphatic rings. The Bertz CT molecular complexity index is 2650. The second kappa shape index (κ2) is 15.0. The number of aromatic hydroxyl groups is 2. The molecule has 10 heteroatoms. The molecule has 0 amide bonds. The van der Waals surface area contributed by atoms with Gasteiger partial charge in [-0.15, -0.1) is 0 Å². The Labute approximate surface area is 369 Å². The van der Waals surface area contributed by atoms with Gasteiger partial charge in [0.1, 0.15) is 18.2 Å². The summed E-state index contributed by atoms with van der Waals surface area (Å²) < 4.78 is 12.7. The SMILES string of the molecule is CCC#Cc1ccccc1.CN1CC[C@]23c4c5ccc(O)c4O[C@H]2C(=O)CC[C@@]3(O)[C@H]1C5.C[N+]1(CC#Cc2ccccc2)CC[C@]23c4c5ccc(O)c4O[C@H]2C(=O)CC[C@@]3(O)[C@H]1C5. The molecule has 4 aromatic rings. The summed E-state index contributed by atoms with van der Waals surface area (Å²) in [5.41, 5.74) is 2.60. The van der Waals surface area contributed by atoms with Crippen LogP contribution in [-0.4, -0.2) is 111 Å². The number of likely N-dealkylation sites (N-methyl/N-ethyl adjacent to an activating group) is 2. The Kier molecular flexibility index (Phi) is 9.85. The van der Waals surface area contributed by atoms with Crippen molar-refractivity contribution in [2.75, 3.05) is 33.7 Å². The highest BCUT2D eigenvalue weighted by Crippen LogP contribution is 2.66. The Morgan fingerprint density at radius 1 is 0.698 bits per heavy atom. The molecule has 4 N–H and O–H groups in total. The van der Waals surface area contributed by atoms with Gasteiger partial charge in [-0.25, -0.2) is 0 Å². The minimum absolute atomic E-state index is 0.00319. The van der Waals surface area contributed by atoms with Crippen molar-refractivity contribution >= 4 is 11.6 Å². The van der Waals surface area contributed by atoms with Crippen molar-refractivity contribution in [2.24, 2.45) is 0 Å². The van der Waals surface area contributed by atoms with E-state index in [1.165, 1.54) is 0 Å². The molecule has 324 valence electrons. The van der Waals surface area contributed by atoms with Gasteiger partial charge in [-0.2, -0.15) is 0 Å². The number of likely N-dealkylation sites (tertiary alicyclic amines) is 2. The lowest BCUT2D eigenvalue weighted by Gasteiger charge is -2.63. The predicted molar refractivity (Wildman–Crippen MR) is 236 cm³/mol. The van der Waals surface area contributed by atoms with E-state index >= 15 is 0 Å². The molecule has 2 saturated heterocycles. The van der Waals surface area contributed by atoms with Gasteiger partial charge in [0.05, 0.1) is 30.0 Å². The molecule has 4 bridgehead atoms. The van der Waals surface area contributed by atoms with Gasteiger partial charge in [-0.05, 0) is 92.7 Å². The third-order valence-electron chi connectivity index (χ3n) is 16.1. The van der Waals surface area contributed by atoms with Crippen LogP contribution in [0.5, 0.6) is 23.0 Å². The summed E-state index contributed by atoms with van der Waals surface area (Å²) in [7, 11) is 4.23. The summed E-state index contributed by atoms with van der Waals surface area (Å²) in [5, 5.41) is 44.6. The molecular formula is C53H55N2O8+. The summed E-state index contributed by atoms with van der Waals surface area (Å²) >= 11 is 0. The molecule has 2 saturated carbocycles. The Morgan fingerprint density at radius 3 is 1.79 bits per heavy atom. The molecule has 4 aliphatic carbocycles. The fraction of sp³-hybridized carbons (Fsp3) is 0.434. The third kappa shape index (κ3) is 5.88. The number of phenols is 2. The number of aliphatic hydroxyl groups is 2. The quantitative estimate of drug-likeness (QED) is 0.145. The number of quaternary nitrogens is 1. The molecule has 4 heterocycles. The van der Waals surface area contributed by atoms with Crippen LogP contribution in [0.4, 0.5) is 0 Å². The van der Waals surface area contributed by atoms with E-state index in [9.17, 15) is 30.0 Å². The number of phenolic OH excluding ortho intramolecular Hbond substituents is 2. The molecule has 4 aromatic carbocycles. The van der Waals surface area contributed by atoms with Crippen molar-refractivity contribution in [3.05, 3.63) is 118 Å². The second-order valence-corrected chi connectivity index (χ2v) is 19.1. The average Bonchev–Trinajstić information content (AvgIpc) is 3.85. The number of rotatable bonds is 1. The number of benzene rings is 4. The summed E-state index contributed by atoms with van der Waals surface area (Å²) in [6.07, 6.45) is 3.90. The standard InChI is InChI=1S/C26H25NO4.C17H19NO4.C10H10/c1-27(14-5-8-17-6-3-2-4-7-17)15-13-25-22-18-9-10-19(28)23(22)31-24(25)20(29)11-12-26(25,30)21(27)16-18;1-18-7-6-16-13-9-2-3-10(19)14(13)22-15(16)11(20)4-5-17(16,21)12(18)8-9;1-2-3-7-10-8-5-4-6-9-10/h2-4,6-7,9-10,21,24,30H,11-16H2,1H3;2-3,12,15,19,21H,4-8H2,1H3;4-6,8-9H,2H2,1H3/p+1/t21-,24+,25+,26-,27?;12-,15+,16+,17-;/m11./s1. The molecular weight excluding hydrogens is 793 g/mol. The van der Waals surface area contributed by atoms with Crippen LogP contribution in [0.2, 0.25) is 0 Å². The topological polar surface area (TPSA) is 137 Å². The van der Waals surface area contributed by atoms with E-state index in [0.717, 1.165) is 59.3 Å². The van der Waals surface area contributed by atoms with E-state index in [4.69, 9.17) is 9.47 Å². The van der Waals surface area contributed by atoms with Gasteiger partial charge >= 0.3 is 0 Å². The maximum Gasteiger partial charge on any atom is 0.174 e. The molecule has 4 aliphatic heterocycles. The highest BCUT2D eigenvalue weighted by atomic mass is 16.5. The van der Waals surface area contributed by atoms with E-state index in [2.05, 4.69) is 42.6 Å². The van der Waals surface area contributed by atoms with Crippen LogP contribution in [0.25, 0.3) is 0 Å². The van der Waals surface area contributed by atoms with Crippen LogP contribution < -0.4 is 9.47 Å². The van der Waals surface area contributed by atoms with Crippen molar-refractivity contribution in [1.82, 2.24) is 4.90 Å². The summed E-state index contributed by atoms with van der Waals surface area (Å²) in [6, 6.07) is 27.1. The zero-order chi connectivity index (χ0) is 43.9.